The molecule has 66 valence electrons. The molecule has 2 fully saturated rings. The van der Waals surface area contributed by atoms with E-state index in [0.29, 0.717) is 19.4 Å². The highest BCUT2D eigenvalue weighted by atomic mass is 16.5. The van der Waals surface area contributed by atoms with Crippen molar-refractivity contribution in [3.05, 3.63) is 0 Å². The van der Waals surface area contributed by atoms with Crippen molar-refractivity contribution in [2.75, 3.05) is 6.61 Å². The molecule has 1 aliphatic carbocycles. The van der Waals surface area contributed by atoms with Crippen molar-refractivity contribution < 1.29 is 14.3 Å². The standard InChI is InChI=1S/C9H12O3/c1-6-5-12-8(11)9(6)4-2-3-7(9)10/h6H,2-5H2,1H3/t6-,9-/m1/s1. The van der Waals surface area contributed by atoms with Crippen LogP contribution < -0.4 is 0 Å². The fourth-order valence-corrected chi connectivity index (χ4v) is 2.30. The van der Waals surface area contributed by atoms with Crippen LogP contribution in [0.2, 0.25) is 0 Å². The predicted octanol–water partition coefficient (Wildman–Crippen LogP) is 0.919. The number of hydrogen-bond donors (Lipinski definition) is 0. The van der Waals surface area contributed by atoms with Gasteiger partial charge in [0, 0.05) is 12.3 Å². The van der Waals surface area contributed by atoms with E-state index >= 15 is 0 Å². The molecule has 0 bridgehead atoms. The number of hydrogen-bond acceptors (Lipinski definition) is 3. The van der Waals surface area contributed by atoms with Crippen LogP contribution in [0.5, 0.6) is 0 Å². The fraction of sp³-hybridized carbons (Fsp3) is 0.778. The molecule has 1 saturated carbocycles. The number of Topliss-reactive ketones (excluding diaryl/α,β-unsaturated/α-hetero) is 1. The third-order valence-electron chi connectivity index (χ3n) is 3.14. The first-order chi connectivity index (χ1) is 5.68. The van der Waals surface area contributed by atoms with Crippen LogP contribution in [0, 0.1) is 11.3 Å². The van der Waals surface area contributed by atoms with Crippen LogP contribution in [0.25, 0.3) is 0 Å². The van der Waals surface area contributed by atoms with E-state index in [2.05, 4.69) is 0 Å². The van der Waals surface area contributed by atoms with E-state index in [4.69, 9.17) is 4.74 Å². The maximum absolute atomic E-state index is 11.5. The fourth-order valence-electron chi connectivity index (χ4n) is 2.30. The monoisotopic (exact) mass is 168 g/mol. The van der Waals surface area contributed by atoms with Crippen LogP contribution in [-0.2, 0) is 14.3 Å². The summed E-state index contributed by atoms with van der Waals surface area (Å²) in [5, 5.41) is 0. The Balaban J connectivity index is 2.39. The topological polar surface area (TPSA) is 43.4 Å². The molecule has 0 aromatic carbocycles. The highest BCUT2D eigenvalue weighted by Gasteiger charge is 2.57. The van der Waals surface area contributed by atoms with Crippen molar-refractivity contribution in [1.82, 2.24) is 0 Å². The number of rotatable bonds is 0. The van der Waals surface area contributed by atoms with Crippen molar-refractivity contribution in [3.8, 4) is 0 Å². The maximum Gasteiger partial charge on any atom is 0.320 e. The second-order valence-electron chi connectivity index (χ2n) is 3.75. The minimum Gasteiger partial charge on any atom is -0.465 e. The molecule has 0 N–H and O–H groups in total. The van der Waals surface area contributed by atoms with Gasteiger partial charge in [-0.2, -0.15) is 0 Å². The lowest BCUT2D eigenvalue weighted by Gasteiger charge is -2.20. The van der Waals surface area contributed by atoms with Gasteiger partial charge in [-0.3, -0.25) is 9.59 Å². The van der Waals surface area contributed by atoms with Crippen LogP contribution in [0.4, 0.5) is 0 Å². The second kappa shape index (κ2) is 2.31. The van der Waals surface area contributed by atoms with E-state index < -0.39 is 5.41 Å². The van der Waals surface area contributed by atoms with Crippen LogP contribution in [0.1, 0.15) is 26.2 Å². The summed E-state index contributed by atoms with van der Waals surface area (Å²) in [5.41, 5.74) is -0.736. The molecule has 1 aliphatic heterocycles. The third-order valence-corrected chi connectivity index (χ3v) is 3.14. The number of esters is 1. The first kappa shape index (κ1) is 7.77. The molecule has 12 heavy (non-hydrogen) atoms. The lowest BCUT2D eigenvalue weighted by Crippen LogP contribution is -2.35. The Hall–Kier alpha value is -0.860. The molecular formula is C9H12O3. The average Bonchev–Trinajstić information content (AvgIpc) is 2.53. The van der Waals surface area contributed by atoms with Gasteiger partial charge in [0.15, 0.2) is 5.78 Å². The van der Waals surface area contributed by atoms with Gasteiger partial charge in [0.2, 0.25) is 0 Å². The number of ketones is 1. The van der Waals surface area contributed by atoms with E-state index in [9.17, 15) is 9.59 Å². The SMILES string of the molecule is C[C@@H]1COC(=O)[C@]12CCCC2=O. The van der Waals surface area contributed by atoms with E-state index in [1.165, 1.54) is 0 Å². The number of carbonyl (C=O) groups excluding carboxylic acids is 2. The molecule has 3 nitrogen and oxygen atoms in total. The highest BCUT2D eigenvalue weighted by Crippen LogP contribution is 2.46. The van der Waals surface area contributed by atoms with E-state index in [0.717, 1.165) is 6.42 Å². The van der Waals surface area contributed by atoms with Crippen LogP contribution in [0.3, 0.4) is 0 Å². The summed E-state index contributed by atoms with van der Waals surface area (Å²) in [6, 6.07) is 0. The Bertz CT molecular complexity index is 236. The molecule has 3 heteroatoms. The zero-order chi connectivity index (χ0) is 8.77. The number of carbonyl (C=O) groups is 2. The normalized spacial score (nSPS) is 40.9. The van der Waals surface area contributed by atoms with E-state index in [1.54, 1.807) is 0 Å². The molecule has 1 spiro atoms. The van der Waals surface area contributed by atoms with Gasteiger partial charge in [0.05, 0.1) is 6.61 Å². The van der Waals surface area contributed by atoms with Crippen LogP contribution >= 0.6 is 0 Å². The number of ether oxygens (including phenoxy) is 1. The molecule has 0 aromatic rings. The summed E-state index contributed by atoms with van der Waals surface area (Å²) < 4.78 is 4.91. The number of cyclic esters (lactones) is 1. The summed E-state index contributed by atoms with van der Waals surface area (Å²) >= 11 is 0. The minimum atomic E-state index is -0.736. The Morgan fingerprint density at radius 2 is 2.25 bits per heavy atom. The van der Waals surface area contributed by atoms with Gasteiger partial charge in [-0.1, -0.05) is 6.92 Å². The summed E-state index contributed by atoms with van der Waals surface area (Å²) in [6.07, 6.45) is 2.10. The van der Waals surface area contributed by atoms with Crippen molar-refractivity contribution in [1.29, 1.82) is 0 Å². The Morgan fingerprint density at radius 3 is 2.67 bits per heavy atom. The third kappa shape index (κ3) is 0.713. The zero-order valence-corrected chi connectivity index (χ0v) is 7.13. The zero-order valence-electron chi connectivity index (χ0n) is 7.13. The summed E-state index contributed by atoms with van der Waals surface area (Å²) in [7, 11) is 0. The summed E-state index contributed by atoms with van der Waals surface area (Å²) in [5.74, 6) is -0.102. The lowest BCUT2D eigenvalue weighted by atomic mass is 9.76. The van der Waals surface area contributed by atoms with Crippen molar-refractivity contribution in [3.63, 3.8) is 0 Å². The lowest BCUT2D eigenvalue weighted by molar-refractivity contribution is -0.150. The second-order valence-corrected chi connectivity index (χ2v) is 3.75. The van der Waals surface area contributed by atoms with Gasteiger partial charge in [-0.25, -0.2) is 0 Å². The van der Waals surface area contributed by atoms with Gasteiger partial charge < -0.3 is 4.74 Å². The average molecular weight is 168 g/mol. The Kier molecular flexibility index (Phi) is 1.50. The van der Waals surface area contributed by atoms with Gasteiger partial charge >= 0.3 is 5.97 Å². The first-order valence-corrected chi connectivity index (χ1v) is 4.38. The van der Waals surface area contributed by atoms with Crippen molar-refractivity contribution >= 4 is 11.8 Å². The molecule has 0 radical (unpaired) electrons. The molecule has 0 amide bonds. The predicted molar refractivity (Wildman–Crippen MR) is 41.4 cm³/mol. The largest absolute Gasteiger partial charge is 0.465 e. The molecule has 0 unspecified atom stereocenters. The Labute approximate surface area is 71.1 Å². The molecule has 1 saturated heterocycles. The van der Waals surface area contributed by atoms with Gasteiger partial charge in [0.1, 0.15) is 5.41 Å². The molecule has 2 aliphatic rings. The molecule has 1 heterocycles. The molecular weight excluding hydrogens is 156 g/mol. The molecule has 2 rings (SSSR count). The van der Waals surface area contributed by atoms with Crippen LogP contribution in [-0.4, -0.2) is 18.4 Å². The van der Waals surface area contributed by atoms with E-state index in [1.807, 2.05) is 6.92 Å². The van der Waals surface area contributed by atoms with Crippen molar-refractivity contribution in [2.24, 2.45) is 11.3 Å². The summed E-state index contributed by atoms with van der Waals surface area (Å²) in [6.45, 7) is 2.35. The highest BCUT2D eigenvalue weighted by molar-refractivity contribution is 6.06. The molecule has 0 aromatic heterocycles. The first-order valence-electron chi connectivity index (χ1n) is 4.38. The minimum absolute atomic E-state index is 0.0833. The van der Waals surface area contributed by atoms with Gasteiger partial charge in [0.25, 0.3) is 0 Å². The molecule has 2 atom stereocenters. The Morgan fingerprint density at radius 1 is 1.50 bits per heavy atom. The quantitative estimate of drug-likeness (QED) is 0.399. The summed E-state index contributed by atoms with van der Waals surface area (Å²) in [4.78, 5) is 22.9. The van der Waals surface area contributed by atoms with Crippen molar-refractivity contribution in [2.45, 2.75) is 26.2 Å². The van der Waals surface area contributed by atoms with Gasteiger partial charge in [-0.05, 0) is 12.8 Å². The van der Waals surface area contributed by atoms with Crippen LogP contribution in [0.15, 0.2) is 0 Å². The van der Waals surface area contributed by atoms with E-state index in [-0.39, 0.29) is 17.7 Å². The van der Waals surface area contributed by atoms with Gasteiger partial charge in [-0.15, -0.1) is 0 Å². The smallest absolute Gasteiger partial charge is 0.320 e. The maximum atomic E-state index is 11.5.